The Hall–Kier alpha value is -4.09. The number of piperidine rings is 1. The monoisotopic (exact) mass is 418 g/mol. The normalized spacial score (nSPS) is 17.8. The lowest BCUT2D eigenvalue weighted by atomic mass is 9.81. The summed E-state index contributed by atoms with van der Waals surface area (Å²) in [7, 11) is 0. The fourth-order valence-corrected chi connectivity index (χ4v) is 4.71. The Morgan fingerprint density at radius 2 is 1.66 bits per heavy atom. The van der Waals surface area contributed by atoms with Gasteiger partial charge >= 0.3 is 0 Å². The van der Waals surface area contributed by atoms with E-state index in [0.717, 1.165) is 54.1 Å². The van der Waals surface area contributed by atoms with Crippen molar-refractivity contribution in [3.63, 3.8) is 0 Å². The van der Waals surface area contributed by atoms with Crippen LogP contribution in [0.3, 0.4) is 0 Å². The number of nitriles is 2. The summed E-state index contributed by atoms with van der Waals surface area (Å²) in [6.45, 7) is 1.80. The molecule has 156 valence electrons. The summed E-state index contributed by atoms with van der Waals surface area (Å²) in [6, 6.07) is 26.2. The molecule has 0 aromatic heterocycles. The van der Waals surface area contributed by atoms with Gasteiger partial charge in [0.15, 0.2) is 0 Å². The van der Waals surface area contributed by atoms with Gasteiger partial charge in [-0.2, -0.15) is 15.5 Å². The lowest BCUT2D eigenvalue weighted by Crippen LogP contribution is -2.51. The van der Waals surface area contributed by atoms with Crippen LogP contribution in [0.15, 0.2) is 77.8 Å². The molecule has 0 saturated carbocycles. The molecule has 0 unspecified atom stereocenters. The molecule has 0 amide bonds. The second-order valence-corrected chi connectivity index (χ2v) is 8.35. The first-order chi connectivity index (χ1) is 15.7. The first-order valence-corrected chi connectivity index (χ1v) is 10.8. The van der Waals surface area contributed by atoms with Gasteiger partial charge in [0.1, 0.15) is 11.4 Å². The Labute approximate surface area is 187 Å². The van der Waals surface area contributed by atoms with Crippen LogP contribution in [-0.2, 0) is 0 Å². The Morgan fingerprint density at radius 3 is 2.41 bits per heavy atom. The maximum absolute atomic E-state index is 9.35. The lowest BCUT2D eigenvalue weighted by molar-refractivity contribution is 0.0450. The molecule has 2 aliphatic heterocycles. The molecule has 5 heteroatoms. The van der Waals surface area contributed by atoms with Crippen molar-refractivity contribution in [2.45, 2.75) is 24.9 Å². The van der Waals surface area contributed by atoms with Crippen LogP contribution in [0.1, 0.15) is 30.4 Å². The van der Waals surface area contributed by atoms with Crippen molar-refractivity contribution >= 4 is 11.4 Å². The Kier molecular flexibility index (Phi) is 5.09. The van der Waals surface area contributed by atoms with Gasteiger partial charge in [0.25, 0.3) is 0 Å². The number of aliphatic imine (C=N–C) groups is 1. The Balaban J connectivity index is 1.44. The first-order valence-electron chi connectivity index (χ1n) is 10.8. The first kappa shape index (κ1) is 19.8. The number of ether oxygens (including phenoxy) is 1. The van der Waals surface area contributed by atoms with E-state index in [2.05, 4.69) is 40.2 Å². The van der Waals surface area contributed by atoms with Crippen molar-refractivity contribution in [2.24, 2.45) is 4.99 Å². The predicted molar refractivity (Wildman–Crippen MR) is 125 cm³/mol. The minimum Gasteiger partial charge on any atom is -0.486 e. The number of anilines is 1. The SMILES string of the molecule is N#CN=C1CC2(CCN(c3ccccc3)CC2)Oc2ccc(-c3cccc(C#N)c3)cc21. The van der Waals surface area contributed by atoms with E-state index in [0.29, 0.717) is 12.0 Å². The number of nitrogens with zero attached hydrogens (tertiary/aromatic N) is 4. The molecular weight excluding hydrogens is 396 g/mol. The number of para-hydroxylation sites is 1. The van der Waals surface area contributed by atoms with E-state index in [1.54, 1.807) is 6.07 Å². The second kappa shape index (κ2) is 8.21. The lowest BCUT2D eigenvalue weighted by Gasteiger charge is -2.45. The smallest absolute Gasteiger partial charge is 0.205 e. The third-order valence-corrected chi connectivity index (χ3v) is 6.41. The van der Waals surface area contributed by atoms with Crippen molar-refractivity contribution in [3.8, 4) is 29.1 Å². The highest BCUT2D eigenvalue weighted by Crippen LogP contribution is 2.41. The van der Waals surface area contributed by atoms with Gasteiger partial charge in [-0.3, -0.25) is 0 Å². The van der Waals surface area contributed by atoms with Crippen molar-refractivity contribution in [2.75, 3.05) is 18.0 Å². The zero-order valence-corrected chi connectivity index (χ0v) is 17.7. The average molecular weight is 419 g/mol. The minimum atomic E-state index is -0.337. The molecule has 1 saturated heterocycles. The van der Waals surface area contributed by atoms with Gasteiger partial charge in [-0.05, 0) is 47.5 Å². The van der Waals surface area contributed by atoms with Crippen LogP contribution in [0.25, 0.3) is 11.1 Å². The molecule has 32 heavy (non-hydrogen) atoms. The van der Waals surface area contributed by atoms with Crippen molar-refractivity contribution in [1.82, 2.24) is 0 Å². The van der Waals surface area contributed by atoms with E-state index < -0.39 is 0 Å². The molecule has 3 aromatic rings. The van der Waals surface area contributed by atoms with Gasteiger partial charge in [0.05, 0.1) is 17.3 Å². The Bertz CT molecular complexity index is 1260. The van der Waals surface area contributed by atoms with Crippen LogP contribution < -0.4 is 9.64 Å². The average Bonchev–Trinajstić information content (AvgIpc) is 2.85. The van der Waals surface area contributed by atoms with E-state index in [1.807, 2.05) is 48.7 Å². The molecule has 5 nitrogen and oxygen atoms in total. The maximum atomic E-state index is 9.35. The van der Waals surface area contributed by atoms with Crippen LogP contribution in [0.2, 0.25) is 0 Å². The molecule has 0 aliphatic carbocycles. The maximum Gasteiger partial charge on any atom is 0.205 e. The zero-order valence-electron chi connectivity index (χ0n) is 17.7. The summed E-state index contributed by atoms with van der Waals surface area (Å²) in [5, 5.41) is 18.6. The van der Waals surface area contributed by atoms with E-state index in [9.17, 15) is 10.5 Å². The quantitative estimate of drug-likeness (QED) is 0.528. The summed E-state index contributed by atoms with van der Waals surface area (Å²) >= 11 is 0. The summed E-state index contributed by atoms with van der Waals surface area (Å²) in [5.74, 6) is 0.776. The van der Waals surface area contributed by atoms with Crippen LogP contribution in [0.4, 0.5) is 5.69 Å². The molecule has 1 fully saturated rings. The van der Waals surface area contributed by atoms with Gasteiger partial charge in [0.2, 0.25) is 6.19 Å². The highest BCUT2D eigenvalue weighted by Gasteiger charge is 2.42. The Morgan fingerprint density at radius 1 is 0.875 bits per heavy atom. The van der Waals surface area contributed by atoms with E-state index in [1.165, 1.54) is 5.69 Å². The van der Waals surface area contributed by atoms with Crippen LogP contribution >= 0.6 is 0 Å². The number of hydrogen-bond donors (Lipinski definition) is 0. The molecule has 0 bridgehead atoms. The predicted octanol–water partition coefficient (Wildman–Crippen LogP) is 5.32. The molecule has 2 heterocycles. The fourth-order valence-electron chi connectivity index (χ4n) is 4.71. The summed E-state index contributed by atoms with van der Waals surface area (Å²) in [4.78, 5) is 6.58. The highest BCUT2D eigenvalue weighted by atomic mass is 16.5. The van der Waals surface area contributed by atoms with Gasteiger partial charge in [0, 0.05) is 43.6 Å². The fraction of sp³-hybridized carbons (Fsp3) is 0.222. The number of fused-ring (bicyclic) bond motifs is 1. The van der Waals surface area contributed by atoms with Crippen LogP contribution in [0.5, 0.6) is 5.75 Å². The minimum absolute atomic E-state index is 0.337. The summed E-state index contributed by atoms with van der Waals surface area (Å²) < 4.78 is 6.59. The van der Waals surface area contributed by atoms with E-state index >= 15 is 0 Å². The summed E-state index contributed by atoms with van der Waals surface area (Å²) in [5.41, 5.74) is 5.09. The van der Waals surface area contributed by atoms with Crippen molar-refractivity contribution < 1.29 is 4.74 Å². The third-order valence-electron chi connectivity index (χ3n) is 6.41. The third kappa shape index (κ3) is 3.70. The van der Waals surface area contributed by atoms with Gasteiger partial charge < -0.3 is 9.64 Å². The zero-order chi connectivity index (χ0) is 22.0. The summed E-state index contributed by atoms with van der Waals surface area (Å²) in [6.07, 6.45) is 4.36. The number of rotatable bonds is 2. The number of hydrogen-bond acceptors (Lipinski definition) is 5. The van der Waals surface area contributed by atoms with Crippen LogP contribution in [0, 0.1) is 22.8 Å². The van der Waals surface area contributed by atoms with Crippen molar-refractivity contribution in [3.05, 3.63) is 83.9 Å². The molecular formula is C27H22N4O. The molecule has 0 N–H and O–H groups in total. The molecule has 0 atom stereocenters. The van der Waals surface area contributed by atoms with Gasteiger partial charge in [-0.1, -0.05) is 36.4 Å². The van der Waals surface area contributed by atoms with E-state index in [-0.39, 0.29) is 5.60 Å². The van der Waals surface area contributed by atoms with Gasteiger partial charge in [-0.25, -0.2) is 0 Å². The molecule has 5 rings (SSSR count). The molecule has 2 aliphatic rings. The highest BCUT2D eigenvalue weighted by molar-refractivity contribution is 6.05. The molecule has 1 spiro atoms. The molecule has 0 radical (unpaired) electrons. The largest absolute Gasteiger partial charge is 0.486 e. The standard InChI is InChI=1S/C27H22N4O/c28-18-20-5-4-6-21(15-20)22-9-10-26-24(16-22)25(30-19-29)17-27(32-26)11-13-31(14-12-27)23-7-2-1-3-8-23/h1-10,15-16H,11-14,17H2. The molecule has 3 aromatic carbocycles. The number of benzene rings is 3. The second-order valence-electron chi connectivity index (χ2n) is 8.35. The topological polar surface area (TPSA) is 72.4 Å². The van der Waals surface area contributed by atoms with Crippen molar-refractivity contribution in [1.29, 1.82) is 10.5 Å². The van der Waals surface area contributed by atoms with Gasteiger partial charge in [-0.15, -0.1) is 0 Å². The van der Waals surface area contributed by atoms with E-state index in [4.69, 9.17) is 4.74 Å². The van der Waals surface area contributed by atoms with Crippen LogP contribution in [-0.4, -0.2) is 24.4 Å².